The first-order valence-corrected chi connectivity index (χ1v) is 7.17. The molecule has 0 bridgehead atoms. The molecule has 3 aromatic rings. The van der Waals surface area contributed by atoms with Crippen molar-refractivity contribution in [3.8, 4) is 0 Å². The minimum absolute atomic E-state index is 0.204. The van der Waals surface area contributed by atoms with E-state index in [1.807, 2.05) is 55.5 Å². The number of hydrogen-bond donors (Lipinski definition) is 2. The maximum Gasteiger partial charge on any atom is 0.319 e. The van der Waals surface area contributed by atoms with Crippen molar-refractivity contribution in [3.63, 3.8) is 0 Å². The van der Waals surface area contributed by atoms with E-state index in [1.165, 1.54) is 0 Å². The van der Waals surface area contributed by atoms with Crippen molar-refractivity contribution < 1.29 is 9.21 Å². The van der Waals surface area contributed by atoms with Crippen LogP contribution >= 0.6 is 0 Å². The first-order chi connectivity index (χ1) is 10.7. The van der Waals surface area contributed by atoms with Gasteiger partial charge in [0.25, 0.3) is 0 Å². The molecule has 0 aliphatic heterocycles. The van der Waals surface area contributed by atoms with Gasteiger partial charge in [-0.25, -0.2) is 9.78 Å². The Labute approximate surface area is 128 Å². The van der Waals surface area contributed by atoms with E-state index in [9.17, 15) is 4.79 Å². The molecule has 112 valence electrons. The van der Waals surface area contributed by atoms with E-state index >= 15 is 0 Å². The zero-order chi connectivity index (χ0) is 15.4. The Kier molecular flexibility index (Phi) is 4.05. The van der Waals surface area contributed by atoms with Crippen molar-refractivity contribution >= 4 is 22.8 Å². The highest BCUT2D eigenvalue weighted by atomic mass is 16.3. The van der Waals surface area contributed by atoms with Gasteiger partial charge in [-0.15, -0.1) is 0 Å². The number of aryl methyl sites for hydroxylation is 1. The molecule has 2 N–H and O–H groups in total. The summed E-state index contributed by atoms with van der Waals surface area (Å²) >= 11 is 0. The van der Waals surface area contributed by atoms with Crippen molar-refractivity contribution in [1.29, 1.82) is 0 Å². The zero-order valence-corrected chi connectivity index (χ0v) is 12.3. The number of hydrogen-bond acceptors (Lipinski definition) is 3. The molecule has 0 spiro atoms. The Morgan fingerprint density at radius 2 is 2.00 bits per heavy atom. The summed E-state index contributed by atoms with van der Waals surface area (Å²) in [7, 11) is 0. The highest BCUT2D eigenvalue weighted by molar-refractivity contribution is 5.89. The fraction of sp³-hybridized carbons (Fsp3) is 0.176. The molecular weight excluding hydrogens is 278 g/mol. The van der Waals surface area contributed by atoms with Crippen molar-refractivity contribution in [2.24, 2.45) is 0 Å². The van der Waals surface area contributed by atoms with Crippen LogP contribution in [0.15, 0.2) is 52.9 Å². The van der Waals surface area contributed by atoms with Gasteiger partial charge in [0.05, 0.1) is 0 Å². The molecule has 22 heavy (non-hydrogen) atoms. The fourth-order valence-corrected chi connectivity index (χ4v) is 2.26. The zero-order valence-electron chi connectivity index (χ0n) is 12.3. The van der Waals surface area contributed by atoms with Gasteiger partial charge in [0, 0.05) is 19.2 Å². The van der Waals surface area contributed by atoms with Gasteiger partial charge in [0.1, 0.15) is 5.52 Å². The number of urea groups is 1. The number of rotatable bonds is 4. The summed E-state index contributed by atoms with van der Waals surface area (Å²) in [5, 5.41) is 5.62. The molecule has 2 amide bonds. The summed E-state index contributed by atoms with van der Waals surface area (Å²) in [4.78, 5) is 16.1. The molecule has 0 fully saturated rings. The Morgan fingerprint density at radius 3 is 2.82 bits per heavy atom. The van der Waals surface area contributed by atoms with E-state index in [-0.39, 0.29) is 6.03 Å². The van der Waals surface area contributed by atoms with Crippen LogP contribution < -0.4 is 10.6 Å². The molecule has 1 aromatic heterocycles. The van der Waals surface area contributed by atoms with Gasteiger partial charge in [-0.1, -0.05) is 24.3 Å². The lowest BCUT2D eigenvalue weighted by atomic mass is 10.1. The number of anilines is 1. The lowest BCUT2D eigenvalue weighted by Crippen LogP contribution is -2.30. The molecule has 1 heterocycles. The van der Waals surface area contributed by atoms with Gasteiger partial charge in [0.15, 0.2) is 11.5 Å². The molecule has 0 saturated carbocycles. The van der Waals surface area contributed by atoms with E-state index in [4.69, 9.17) is 4.42 Å². The topological polar surface area (TPSA) is 67.2 Å². The van der Waals surface area contributed by atoms with E-state index < -0.39 is 0 Å². The van der Waals surface area contributed by atoms with Crippen LogP contribution in [0.3, 0.4) is 0 Å². The van der Waals surface area contributed by atoms with Crippen molar-refractivity contribution in [2.75, 3.05) is 11.9 Å². The molecule has 0 saturated heterocycles. The van der Waals surface area contributed by atoms with E-state index in [0.29, 0.717) is 12.4 Å². The number of amides is 2. The minimum Gasteiger partial charge on any atom is -0.441 e. The number of nitrogens with one attached hydrogen (secondary N) is 2. The molecule has 3 rings (SSSR count). The summed E-state index contributed by atoms with van der Waals surface area (Å²) in [6.07, 6.45) is 0.740. The highest BCUT2D eigenvalue weighted by Gasteiger charge is 2.04. The second kappa shape index (κ2) is 6.30. The van der Waals surface area contributed by atoms with Crippen molar-refractivity contribution in [2.45, 2.75) is 13.3 Å². The number of oxazole rings is 1. The predicted molar refractivity (Wildman–Crippen MR) is 85.9 cm³/mol. The van der Waals surface area contributed by atoms with Crippen molar-refractivity contribution in [3.05, 3.63) is 60.0 Å². The van der Waals surface area contributed by atoms with Crippen LogP contribution in [0.1, 0.15) is 11.5 Å². The summed E-state index contributed by atoms with van der Waals surface area (Å²) in [6.45, 7) is 2.39. The summed E-state index contributed by atoms with van der Waals surface area (Å²) < 4.78 is 5.44. The number of benzene rings is 2. The Bertz CT molecular complexity index is 781. The standard InChI is InChI=1S/C17H17N3O2/c1-12-19-15-11-13(7-8-16(15)22-12)9-10-18-17(21)20-14-5-3-2-4-6-14/h2-8,11H,9-10H2,1H3,(H2,18,20,21). The molecule has 0 radical (unpaired) electrons. The molecule has 0 atom stereocenters. The first kappa shape index (κ1) is 14.1. The lowest BCUT2D eigenvalue weighted by molar-refractivity contribution is 0.252. The number of fused-ring (bicyclic) bond motifs is 1. The summed E-state index contributed by atoms with van der Waals surface area (Å²) in [6, 6.07) is 15.0. The van der Waals surface area contributed by atoms with Crippen LogP contribution in [-0.2, 0) is 6.42 Å². The predicted octanol–water partition coefficient (Wildman–Crippen LogP) is 3.50. The second-order valence-corrected chi connectivity index (χ2v) is 5.03. The number of carbonyl (C=O) groups is 1. The quantitative estimate of drug-likeness (QED) is 0.774. The normalized spacial score (nSPS) is 10.6. The van der Waals surface area contributed by atoms with E-state index in [0.717, 1.165) is 28.8 Å². The Hall–Kier alpha value is -2.82. The Morgan fingerprint density at radius 1 is 1.18 bits per heavy atom. The van der Waals surface area contributed by atoms with Gasteiger partial charge < -0.3 is 15.1 Å². The van der Waals surface area contributed by atoms with E-state index in [1.54, 1.807) is 0 Å². The maximum absolute atomic E-state index is 11.8. The molecule has 5 heteroatoms. The average molecular weight is 295 g/mol. The third-order valence-corrected chi connectivity index (χ3v) is 3.29. The smallest absolute Gasteiger partial charge is 0.319 e. The Balaban J connectivity index is 1.52. The monoisotopic (exact) mass is 295 g/mol. The SMILES string of the molecule is Cc1nc2cc(CCNC(=O)Nc3ccccc3)ccc2o1. The fourth-order valence-electron chi connectivity index (χ4n) is 2.26. The van der Waals surface area contributed by atoms with E-state index in [2.05, 4.69) is 15.6 Å². The number of nitrogens with zero attached hydrogens (tertiary/aromatic N) is 1. The number of aromatic nitrogens is 1. The lowest BCUT2D eigenvalue weighted by Gasteiger charge is -2.07. The molecule has 5 nitrogen and oxygen atoms in total. The third-order valence-electron chi connectivity index (χ3n) is 3.29. The third kappa shape index (κ3) is 3.44. The second-order valence-electron chi connectivity index (χ2n) is 5.03. The van der Waals surface area contributed by atoms with Crippen LogP contribution in [0, 0.1) is 6.92 Å². The van der Waals surface area contributed by atoms with Gasteiger partial charge in [-0.3, -0.25) is 0 Å². The number of carbonyl (C=O) groups excluding carboxylic acids is 1. The highest BCUT2D eigenvalue weighted by Crippen LogP contribution is 2.16. The first-order valence-electron chi connectivity index (χ1n) is 7.17. The van der Waals surface area contributed by atoms with Crippen LogP contribution in [-0.4, -0.2) is 17.6 Å². The average Bonchev–Trinajstić information content (AvgIpc) is 2.87. The van der Waals surface area contributed by atoms with Gasteiger partial charge >= 0.3 is 6.03 Å². The largest absolute Gasteiger partial charge is 0.441 e. The number of para-hydroxylation sites is 1. The summed E-state index contributed by atoms with van der Waals surface area (Å²) in [5.41, 5.74) is 3.53. The maximum atomic E-state index is 11.8. The molecule has 0 aliphatic carbocycles. The van der Waals surface area contributed by atoms with Gasteiger partial charge in [0.2, 0.25) is 0 Å². The van der Waals surface area contributed by atoms with Gasteiger partial charge in [-0.2, -0.15) is 0 Å². The van der Waals surface area contributed by atoms with Crippen LogP contribution in [0.5, 0.6) is 0 Å². The van der Waals surface area contributed by atoms with Crippen LogP contribution in [0.2, 0.25) is 0 Å². The van der Waals surface area contributed by atoms with Gasteiger partial charge in [-0.05, 0) is 36.2 Å². The minimum atomic E-state index is -0.204. The summed E-state index contributed by atoms with van der Waals surface area (Å²) in [5.74, 6) is 0.660. The molecule has 0 unspecified atom stereocenters. The van der Waals surface area contributed by atoms with Crippen LogP contribution in [0.25, 0.3) is 11.1 Å². The van der Waals surface area contributed by atoms with Crippen LogP contribution in [0.4, 0.5) is 10.5 Å². The molecule has 2 aromatic carbocycles. The molecule has 0 aliphatic rings. The molecular formula is C17H17N3O2. The van der Waals surface area contributed by atoms with Crippen molar-refractivity contribution in [1.82, 2.24) is 10.3 Å².